The van der Waals surface area contributed by atoms with E-state index >= 15 is 0 Å². The van der Waals surface area contributed by atoms with Gasteiger partial charge in [0.2, 0.25) is 0 Å². The van der Waals surface area contributed by atoms with Crippen molar-refractivity contribution in [3.63, 3.8) is 0 Å². The molecule has 1 aromatic rings. The summed E-state index contributed by atoms with van der Waals surface area (Å²) in [5.74, 6) is -0.601. The molecule has 0 aromatic heterocycles. The highest BCUT2D eigenvalue weighted by Crippen LogP contribution is 2.41. The Hall–Kier alpha value is -1.57. The molecule has 0 aliphatic carbocycles. The van der Waals surface area contributed by atoms with E-state index in [-0.39, 0.29) is 24.7 Å². The van der Waals surface area contributed by atoms with Gasteiger partial charge in [0.15, 0.2) is 0 Å². The number of nitrogens with one attached hydrogen (secondary N) is 2. The van der Waals surface area contributed by atoms with Gasteiger partial charge in [-0.1, -0.05) is 0 Å². The van der Waals surface area contributed by atoms with E-state index in [1.807, 2.05) is 0 Å². The number of rotatable bonds is 8. The van der Waals surface area contributed by atoms with Crippen LogP contribution in [0.2, 0.25) is 0 Å². The van der Waals surface area contributed by atoms with Crippen LogP contribution in [0.4, 0.5) is 18.9 Å². The van der Waals surface area contributed by atoms with E-state index in [0.717, 1.165) is 24.3 Å². The van der Waals surface area contributed by atoms with E-state index in [4.69, 9.17) is 9.47 Å². The molecule has 0 aliphatic rings. The average Bonchev–Trinajstić information content (AvgIpc) is 2.44. The lowest BCUT2D eigenvalue weighted by atomic mass is 10.2. The van der Waals surface area contributed by atoms with Gasteiger partial charge < -0.3 is 14.6 Å². The van der Waals surface area contributed by atoms with Gasteiger partial charge in [0.25, 0.3) is 7.44 Å². The Morgan fingerprint density at radius 1 is 1.25 bits per heavy atom. The van der Waals surface area contributed by atoms with Crippen LogP contribution in [0.5, 0.6) is 0 Å². The second-order valence-corrected chi connectivity index (χ2v) is 7.50. The molecule has 1 aromatic carbocycles. The van der Waals surface area contributed by atoms with Crippen molar-refractivity contribution in [1.82, 2.24) is 5.09 Å². The summed E-state index contributed by atoms with van der Waals surface area (Å²) in [6.07, 6.45) is -5.03. The smallest absolute Gasteiger partial charge is 0.416 e. The van der Waals surface area contributed by atoms with Gasteiger partial charge in [0.05, 0.1) is 11.7 Å². The number of alkyl halides is 3. The van der Waals surface area contributed by atoms with Gasteiger partial charge >= 0.3 is 12.1 Å². The second-order valence-electron chi connectivity index (χ2n) is 5.22. The molecular weight excluding hydrogens is 348 g/mol. The molecule has 0 spiro atoms. The Morgan fingerprint density at radius 2 is 1.83 bits per heavy atom. The molecule has 24 heavy (non-hydrogen) atoms. The quantitative estimate of drug-likeness (QED) is 0.541. The summed E-state index contributed by atoms with van der Waals surface area (Å²) in [4.78, 5) is 11.5. The fraction of sp³-hybridized carbons (Fsp3) is 0.500. The molecule has 0 heterocycles. The predicted octanol–water partition coefficient (Wildman–Crippen LogP) is 3.46. The summed E-state index contributed by atoms with van der Waals surface area (Å²) in [7, 11) is -2.08. The highest BCUT2D eigenvalue weighted by atomic mass is 31.2. The number of anilines is 1. The first-order valence-electron chi connectivity index (χ1n) is 7.04. The lowest BCUT2D eigenvalue weighted by Gasteiger charge is -2.21. The van der Waals surface area contributed by atoms with Crippen LogP contribution < -0.4 is 10.2 Å². The summed E-state index contributed by atoms with van der Waals surface area (Å²) < 4.78 is 60.0. The lowest BCUT2D eigenvalue weighted by Crippen LogP contribution is -2.28. The fourth-order valence-corrected chi connectivity index (χ4v) is 3.29. The minimum atomic E-state index is -4.45. The van der Waals surface area contributed by atoms with E-state index < -0.39 is 25.2 Å². The fourth-order valence-electron chi connectivity index (χ4n) is 1.74. The number of ether oxygens (including phenoxy) is 2. The molecule has 10 heteroatoms. The third-order valence-electron chi connectivity index (χ3n) is 2.68. The van der Waals surface area contributed by atoms with Crippen molar-refractivity contribution in [3.8, 4) is 0 Å². The topological polar surface area (TPSA) is 76.7 Å². The van der Waals surface area contributed by atoms with Crippen molar-refractivity contribution in [1.29, 1.82) is 0 Å². The van der Waals surface area contributed by atoms with Crippen molar-refractivity contribution in [2.24, 2.45) is 0 Å². The molecule has 0 radical (unpaired) electrons. The molecule has 6 nitrogen and oxygen atoms in total. The van der Waals surface area contributed by atoms with Crippen molar-refractivity contribution in [2.45, 2.75) is 26.1 Å². The predicted molar refractivity (Wildman–Crippen MR) is 83.8 cm³/mol. The van der Waals surface area contributed by atoms with Gasteiger partial charge in [-0.3, -0.25) is 9.36 Å². The molecule has 1 atom stereocenters. The monoisotopic (exact) mass is 368 g/mol. The molecule has 1 unspecified atom stereocenters. The minimum Gasteiger partial charge on any atom is -0.462 e. The SMILES string of the molecule is COCP(=O)(NCC(=O)OC(C)C)Nc1ccc(C(F)(F)F)cc1. The van der Waals surface area contributed by atoms with Crippen molar-refractivity contribution < 1.29 is 32.0 Å². The van der Waals surface area contributed by atoms with Gasteiger partial charge in [0, 0.05) is 12.8 Å². The normalized spacial score (nSPS) is 14.3. The summed E-state index contributed by atoms with van der Waals surface area (Å²) in [6, 6.07) is 4.04. The van der Waals surface area contributed by atoms with E-state index in [1.54, 1.807) is 13.8 Å². The maximum Gasteiger partial charge on any atom is 0.416 e. The van der Waals surface area contributed by atoms with Gasteiger partial charge in [0.1, 0.15) is 12.9 Å². The van der Waals surface area contributed by atoms with Gasteiger partial charge in [-0.25, -0.2) is 5.09 Å². The molecule has 0 fully saturated rings. The van der Waals surface area contributed by atoms with Crippen LogP contribution in [0.15, 0.2) is 24.3 Å². The van der Waals surface area contributed by atoms with Crippen LogP contribution in [0.1, 0.15) is 19.4 Å². The maximum atomic E-state index is 12.7. The Balaban J connectivity index is 2.77. The van der Waals surface area contributed by atoms with Crippen LogP contribution in [0, 0.1) is 0 Å². The zero-order valence-corrected chi connectivity index (χ0v) is 14.4. The molecule has 0 saturated heterocycles. The Labute approximate surface area is 138 Å². The molecule has 136 valence electrons. The van der Waals surface area contributed by atoms with Gasteiger partial charge in [-0.2, -0.15) is 13.2 Å². The highest BCUT2D eigenvalue weighted by Gasteiger charge is 2.30. The van der Waals surface area contributed by atoms with Crippen LogP contribution in [-0.4, -0.2) is 32.1 Å². The van der Waals surface area contributed by atoms with Gasteiger partial charge in [-0.05, 0) is 38.1 Å². The number of methoxy groups -OCH3 is 1. The summed E-state index contributed by atoms with van der Waals surface area (Å²) >= 11 is 0. The number of carbonyl (C=O) groups is 1. The first-order chi connectivity index (χ1) is 11.1. The summed E-state index contributed by atoms with van der Waals surface area (Å²) in [5.41, 5.74) is -0.615. The molecule has 0 aliphatic heterocycles. The molecule has 2 N–H and O–H groups in total. The number of carbonyl (C=O) groups excluding carboxylic acids is 1. The zero-order valence-electron chi connectivity index (χ0n) is 13.5. The summed E-state index contributed by atoms with van der Waals surface area (Å²) in [6.45, 7) is 3.02. The number of benzene rings is 1. The van der Waals surface area contributed by atoms with Crippen LogP contribution in [-0.2, 0) is 25.0 Å². The maximum absolute atomic E-state index is 12.7. The number of hydrogen-bond acceptors (Lipinski definition) is 4. The summed E-state index contributed by atoms with van der Waals surface area (Å²) in [5, 5.41) is 5.11. The highest BCUT2D eigenvalue weighted by molar-refractivity contribution is 7.63. The minimum absolute atomic E-state index is 0.202. The first-order valence-corrected chi connectivity index (χ1v) is 8.93. The first kappa shape index (κ1) is 20.5. The molecular formula is C14H20F3N2O4P. The van der Waals surface area contributed by atoms with Crippen LogP contribution in [0.3, 0.4) is 0 Å². The van der Waals surface area contributed by atoms with Crippen LogP contribution >= 0.6 is 7.44 Å². The van der Waals surface area contributed by atoms with E-state index in [2.05, 4.69) is 10.2 Å². The van der Waals surface area contributed by atoms with E-state index in [1.165, 1.54) is 7.11 Å². The molecule has 1 rings (SSSR count). The number of halogens is 3. The Bertz CT molecular complexity index is 591. The third-order valence-corrected chi connectivity index (χ3v) is 4.59. The van der Waals surface area contributed by atoms with E-state index in [0.29, 0.717) is 0 Å². The largest absolute Gasteiger partial charge is 0.462 e. The average molecular weight is 368 g/mol. The van der Waals surface area contributed by atoms with Crippen molar-refractivity contribution in [3.05, 3.63) is 29.8 Å². The number of esters is 1. The molecule has 0 bridgehead atoms. The van der Waals surface area contributed by atoms with E-state index in [9.17, 15) is 22.5 Å². The van der Waals surface area contributed by atoms with Crippen LogP contribution in [0.25, 0.3) is 0 Å². The Morgan fingerprint density at radius 3 is 2.29 bits per heavy atom. The third kappa shape index (κ3) is 6.90. The van der Waals surface area contributed by atoms with Crippen molar-refractivity contribution in [2.75, 3.05) is 25.1 Å². The molecule has 0 saturated carbocycles. The zero-order chi connectivity index (χ0) is 18.4. The number of hydrogen-bond donors (Lipinski definition) is 2. The lowest BCUT2D eigenvalue weighted by molar-refractivity contribution is -0.145. The molecule has 0 amide bonds. The standard InChI is InChI=1S/C14H20F3N2O4P/c1-10(2)23-13(20)8-18-24(21,9-22-3)19-12-6-4-11(5-7-12)14(15,16)17/h4-7,10H,8-9H2,1-3H3,(H2,18,19,21). The second kappa shape index (κ2) is 8.50. The Kier molecular flexibility index (Phi) is 7.26. The van der Waals surface area contributed by atoms with Gasteiger partial charge in [-0.15, -0.1) is 0 Å². The van der Waals surface area contributed by atoms with Crippen molar-refractivity contribution >= 4 is 19.1 Å².